The van der Waals surface area contributed by atoms with Crippen molar-refractivity contribution in [2.75, 3.05) is 5.32 Å². The molecule has 10 heteroatoms. The molecule has 10 nitrogen and oxygen atoms in total. The Morgan fingerprint density at radius 1 is 1.40 bits per heavy atom. The highest BCUT2D eigenvalue weighted by atomic mass is 16.6. The fraction of sp³-hybridized carbons (Fsp3) is 0.200. The van der Waals surface area contributed by atoms with Crippen LogP contribution in [-0.4, -0.2) is 30.2 Å². The number of carbonyl (C=O) groups excluding carboxylic acids is 1. The molecule has 1 N–H and O–H groups in total. The van der Waals surface area contributed by atoms with E-state index >= 15 is 0 Å². The maximum atomic E-state index is 12.3. The van der Waals surface area contributed by atoms with E-state index in [2.05, 4.69) is 15.4 Å². The average Bonchev–Trinajstić information content (AvgIpc) is 2.94. The normalized spacial score (nSPS) is 10.8. The number of nitrogens with zero attached hydrogens (tertiary/aromatic N) is 5. The number of aryl methyl sites for hydroxylation is 1. The van der Waals surface area contributed by atoms with Crippen molar-refractivity contribution in [2.24, 2.45) is 7.05 Å². The maximum Gasteiger partial charge on any atom is 0.274 e. The van der Waals surface area contributed by atoms with Gasteiger partial charge in [-0.25, -0.2) is 4.98 Å². The molecular weight excluding hydrogens is 328 g/mol. The van der Waals surface area contributed by atoms with Gasteiger partial charge in [0.2, 0.25) is 5.91 Å². The van der Waals surface area contributed by atoms with Gasteiger partial charge in [-0.3, -0.25) is 29.0 Å². The highest BCUT2D eigenvalue weighted by Crippen LogP contribution is 2.24. The molecule has 2 aromatic heterocycles. The number of amides is 1. The van der Waals surface area contributed by atoms with Crippen molar-refractivity contribution in [3.05, 3.63) is 56.8 Å². The lowest BCUT2D eigenvalue weighted by atomic mass is 10.1. The predicted octanol–water partition coefficient (Wildman–Crippen LogP) is 0.985. The first-order valence-corrected chi connectivity index (χ1v) is 7.29. The van der Waals surface area contributed by atoms with Crippen LogP contribution in [0.1, 0.15) is 5.56 Å². The Bertz CT molecular complexity index is 1050. The van der Waals surface area contributed by atoms with Crippen molar-refractivity contribution in [3.63, 3.8) is 0 Å². The molecule has 0 saturated heterocycles. The molecule has 0 atom stereocenters. The first-order chi connectivity index (χ1) is 11.9. The highest BCUT2D eigenvalue weighted by Gasteiger charge is 2.16. The number of carbonyl (C=O) groups is 1. The number of hydrogen-bond acceptors (Lipinski definition) is 6. The van der Waals surface area contributed by atoms with E-state index in [0.29, 0.717) is 22.3 Å². The summed E-state index contributed by atoms with van der Waals surface area (Å²) in [5.41, 5.74) is 0.616. The molecule has 3 rings (SSSR count). The van der Waals surface area contributed by atoms with Crippen molar-refractivity contribution in [3.8, 4) is 0 Å². The molecule has 0 radical (unpaired) electrons. The van der Waals surface area contributed by atoms with Crippen LogP contribution in [0.15, 0.2) is 35.5 Å². The highest BCUT2D eigenvalue weighted by molar-refractivity contribution is 5.92. The van der Waals surface area contributed by atoms with E-state index < -0.39 is 10.8 Å². The minimum absolute atomic E-state index is 0.0894. The molecule has 25 heavy (non-hydrogen) atoms. The van der Waals surface area contributed by atoms with Crippen LogP contribution in [0.3, 0.4) is 0 Å². The van der Waals surface area contributed by atoms with Gasteiger partial charge in [-0.2, -0.15) is 5.10 Å². The molecule has 0 aliphatic heterocycles. The second kappa shape index (κ2) is 6.15. The van der Waals surface area contributed by atoms with E-state index in [-0.39, 0.29) is 17.8 Å². The van der Waals surface area contributed by atoms with Gasteiger partial charge in [-0.15, -0.1) is 0 Å². The zero-order valence-corrected chi connectivity index (χ0v) is 13.5. The van der Waals surface area contributed by atoms with Crippen LogP contribution in [0.4, 0.5) is 11.4 Å². The van der Waals surface area contributed by atoms with Crippen LogP contribution in [0.5, 0.6) is 0 Å². The second-order valence-electron chi connectivity index (χ2n) is 5.44. The summed E-state index contributed by atoms with van der Waals surface area (Å²) < 4.78 is 2.62. The summed E-state index contributed by atoms with van der Waals surface area (Å²) in [6, 6.07) is 4.40. The Morgan fingerprint density at radius 3 is 2.88 bits per heavy atom. The Hall–Kier alpha value is -3.56. The third kappa shape index (κ3) is 2.96. The molecule has 0 bridgehead atoms. The molecule has 1 aromatic carbocycles. The summed E-state index contributed by atoms with van der Waals surface area (Å²) in [6.45, 7) is 1.28. The summed E-state index contributed by atoms with van der Waals surface area (Å²) in [5.74, 6) is -0.490. The van der Waals surface area contributed by atoms with Gasteiger partial charge in [0, 0.05) is 13.1 Å². The lowest BCUT2D eigenvalue weighted by Crippen LogP contribution is -2.28. The number of rotatable bonds is 4. The zero-order chi connectivity index (χ0) is 18.1. The maximum absolute atomic E-state index is 12.3. The summed E-state index contributed by atoms with van der Waals surface area (Å²) in [7, 11) is 1.66. The largest absolute Gasteiger partial charge is 0.324 e. The van der Waals surface area contributed by atoms with Crippen LogP contribution in [0.25, 0.3) is 11.0 Å². The fourth-order valence-electron chi connectivity index (χ4n) is 2.48. The number of hydrogen-bond donors (Lipinski definition) is 1. The fourth-order valence-corrected chi connectivity index (χ4v) is 2.48. The molecule has 0 saturated carbocycles. The Morgan fingerprint density at radius 2 is 2.16 bits per heavy atom. The standard InChI is InChI=1S/C15H14N6O4/c1-9-11(4-3-5-12(9)21(24)25)18-13(22)7-20-8-16-14-10(15(20)23)6-17-19(14)2/h3-6,8H,7H2,1-2H3,(H,18,22). The molecule has 0 aliphatic carbocycles. The van der Waals surface area contributed by atoms with Crippen LogP contribution in [0.2, 0.25) is 0 Å². The number of fused-ring (bicyclic) bond motifs is 1. The quantitative estimate of drug-likeness (QED) is 0.556. The molecule has 0 spiro atoms. The van der Waals surface area contributed by atoms with Crippen molar-refractivity contribution >= 4 is 28.3 Å². The number of anilines is 1. The van der Waals surface area contributed by atoms with Gasteiger partial charge in [-0.1, -0.05) is 6.07 Å². The van der Waals surface area contributed by atoms with Gasteiger partial charge in [0.25, 0.3) is 11.2 Å². The zero-order valence-electron chi connectivity index (χ0n) is 13.5. The summed E-state index contributed by atoms with van der Waals surface area (Å²) >= 11 is 0. The van der Waals surface area contributed by atoms with E-state index in [4.69, 9.17) is 0 Å². The third-order valence-corrected chi connectivity index (χ3v) is 3.81. The SMILES string of the molecule is Cc1c(NC(=O)Cn2cnc3c(cnn3C)c2=O)cccc1[N+](=O)[O-]. The second-order valence-corrected chi connectivity index (χ2v) is 5.44. The Balaban J connectivity index is 1.84. The first-order valence-electron chi connectivity index (χ1n) is 7.29. The van der Waals surface area contributed by atoms with Crippen molar-refractivity contribution in [1.82, 2.24) is 19.3 Å². The lowest BCUT2D eigenvalue weighted by Gasteiger charge is -2.09. The lowest BCUT2D eigenvalue weighted by molar-refractivity contribution is -0.385. The van der Waals surface area contributed by atoms with Gasteiger partial charge in [0.1, 0.15) is 18.3 Å². The summed E-state index contributed by atoms with van der Waals surface area (Å²) in [6.07, 6.45) is 2.66. The predicted molar refractivity (Wildman–Crippen MR) is 89.2 cm³/mol. The number of nitro groups is 1. The van der Waals surface area contributed by atoms with E-state index in [0.717, 1.165) is 4.57 Å². The third-order valence-electron chi connectivity index (χ3n) is 3.81. The van der Waals surface area contributed by atoms with Gasteiger partial charge >= 0.3 is 0 Å². The molecule has 2 heterocycles. The van der Waals surface area contributed by atoms with Crippen LogP contribution in [-0.2, 0) is 18.4 Å². The smallest absolute Gasteiger partial charge is 0.274 e. The monoisotopic (exact) mass is 342 g/mol. The molecule has 0 aliphatic rings. The minimum Gasteiger partial charge on any atom is -0.324 e. The van der Waals surface area contributed by atoms with Crippen LogP contribution >= 0.6 is 0 Å². The molecular formula is C15H14N6O4. The number of nitrogens with one attached hydrogen (secondary N) is 1. The Kier molecular flexibility index (Phi) is 4.01. The van der Waals surface area contributed by atoms with Crippen LogP contribution < -0.4 is 10.9 Å². The topological polar surface area (TPSA) is 125 Å². The molecule has 3 aromatic rings. The summed E-state index contributed by atoms with van der Waals surface area (Å²) in [5, 5.41) is 17.8. The van der Waals surface area contributed by atoms with Crippen molar-refractivity contribution < 1.29 is 9.72 Å². The minimum atomic E-state index is -0.518. The first kappa shape index (κ1) is 16.3. The number of benzene rings is 1. The van der Waals surface area contributed by atoms with Gasteiger partial charge in [-0.05, 0) is 13.0 Å². The van der Waals surface area contributed by atoms with Gasteiger partial charge in [0.05, 0.1) is 22.4 Å². The van der Waals surface area contributed by atoms with E-state index in [1.165, 1.54) is 29.3 Å². The van der Waals surface area contributed by atoms with Crippen molar-refractivity contribution in [2.45, 2.75) is 13.5 Å². The Labute approximate surface area is 140 Å². The van der Waals surface area contributed by atoms with E-state index in [1.807, 2.05) is 0 Å². The molecule has 1 amide bonds. The molecule has 128 valence electrons. The molecule has 0 fully saturated rings. The van der Waals surface area contributed by atoms with Gasteiger partial charge < -0.3 is 5.32 Å². The number of aromatic nitrogens is 4. The average molecular weight is 342 g/mol. The van der Waals surface area contributed by atoms with E-state index in [9.17, 15) is 19.7 Å². The van der Waals surface area contributed by atoms with Crippen molar-refractivity contribution in [1.29, 1.82) is 0 Å². The number of nitro benzene ring substituents is 1. The summed E-state index contributed by atoms with van der Waals surface area (Å²) in [4.78, 5) is 39.1. The molecule has 0 unspecified atom stereocenters. The van der Waals surface area contributed by atoms with Gasteiger partial charge in [0.15, 0.2) is 5.65 Å². The van der Waals surface area contributed by atoms with Crippen LogP contribution in [0, 0.1) is 17.0 Å². The van der Waals surface area contributed by atoms with E-state index in [1.54, 1.807) is 20.0 Å².